The number of carbonyl (C=O) groups is 4. The van der Waals surface area contributed by atoms with Crippen molar-refractivity contribution in [1.29, 1.82) is 0 Å². The summed E-state index contributed by atoms with van der Waals surface area (Å²) in [5, 5.41) is 12.2. The summed E-state index contributed by atoms with van der Waals surface area (Å²) >= 11 is 1.19. The van der Waals surface area contributed by atoms with E-state index >= 15 is 0 Å². The number of carbonyl (C=O) groups excluding carboxylic acids is 4. The molecular weight excluding hydrogens is 600 g/mol. The summed E-state index contributed by atoms with van der Waals surface area (Å²) in [5.74, 6) is -0.438. The fraction of sp³-hybridized carbons (Fsp3) is 0.424. The zero-order valence-corrected chi connectivity index (χ0v) is 25.7. The second-order valence-electron chi connectivity index (χ2n) is 12.0. The fourth-order valence-electron chi connectivity index (χ4n) is 6.33. The average Bonchev–Trinajstić information content (AvgIpc) is 3.67. The lowest BCUT2D eigenvalue weighted by molar-refractivity contribution is -0.384. The SMILES string of the molecule is CC(=O)C1CCC(C(=O)Oc2ccc(OC(=O)C3CCC(C(C)=O)CC3)c3sc(-c4cc5cc([N+](=O)[O-])ccc5o4)nc23)CC1. The summed E-state index contributed by atoms with van der Waals surface area (Å²) in [4.78, 5) is 65.5. The molecule has 0 N–H and O–H groups in total. The number of non-ortho nitro benzene ring substituents is 1. The Kier molecular flexibility index (Phi) is 8.50. The van der Waals surface area contributed by atoms with E-state index in [0.717, 1.165) is 0 Å². The summed E-state index contributed by atoms with van der Waals surface area (Å²) in [6, 6.07) is 9.09. The van der Waals surface area contributed by atoms with Crippen molar-refractivity contribution in [3.63, 3.8) is 0 Å². The highest BCUT2D eigenvalue weighted by Gasteiger charge is 2.32. The summed E-state index contributed by atoms with van der Waals surface area (Å²) < 4.78 is 18.2. The van der Waals surface area contributed by atoms with Crippen LogP contribution in [-0.4, -0.2) is 33.4 Å². The Labute approximate surface area is 262 Å². The van der Waals surface area contributed by atoms with Crippen LogP contribution in [0.4, 0.5) is 5.69 Å². The number of furan rings is 1. The molecule has 0 bridgehead atoms. The second-order valence-corrected chi connectivity index (χ2v) is 13.0. The first-order valence-corrected chi connectivity index (χ1v) is 15.9. The third-order valence-electron chi connectivity index (χ3n) is 9.08. The molecule has 4 aromatic rings. The zero-order valence-electron chi connectivity index (χ0n) is 24.9. The Hall–Kier alpha value is -4.45. The Bertz CT molecular complexity index is 1740. The number of fused-ring (bicyclic) bond motifs is 2. The molecule has 0 atom stereocenters. The van der Waals surface area contributed by atoms with Gasteiger partial charge in [-0.15, -0.1) is 11.3 Å². The molecule has 0 spiro atoms. The molecule has 11 nitrogen and oxygen atoms in total. The maximum atomic E-state index is 13.2. The van der Waals surface area contributed by atoms with Gasteiger partial charge in [0.25, 0.3) is 5.69 Å². The first kappa shape index (κ1) is 30.6. The van der Waals surface area contributed by atoms with Crippen molar-refractivity contribution in [2.24, 2.45) is 23.7 Å². The van der Waals surface area contributed by atoms with Crippen molar-refractivity contribution in [3.05, 3.63) is 46.5 Å². The van der Waals surface area contributed by atoms with E-state index in [0.29, 0.717) is 83.3 Å². The summed E-state index contributed by atoms with van der Waals surface area (Å²) in [7, 11) is 0. The van der Waals surface area contributed by atoms with Gasteiger partial charge in [0.1, 0.15) is 27.4 Å². The second kappa shape index (κ2) is 12.5. The lowest BCUT2D eigenvalue weighted by atomic mass is 9.80. The monoisotopic (exact) mass is 632 g/mol. The predicted octanol–water partition coefficient (Wildman–Crippen LogP) is 7.22. The van der Waals surface area contributed by atoms with Crippen LogP contribution in [0.3, 0.4) is 0 Å². The number of hydrogen-bond donors (Lipinski definition) is 0. The van der Waals surface area contributed by atoms with E-state index in [1.165, 1.54) is 29.5 Å². The molecule has 0 radical (unpaired) electrons. The minimum absolute atomic E-state index is 0.0264. The normalized spacial score (nSPS) is 21.8. The topological polar surface area (TPSA) is 156 Å². The van der Waals surface area contributed by atoms with Gasteiger partial charge in [0, 0.05) is 29.4 Å². The lowest BCUT2D eigenvalue weighted by Gasteiger charge is -2.25. The maximum absolute atomic E-state index is 13.2. The standard InChI is InChI=1S/C33H32N2O9S/c1-17(36)19-3-7-21(8-4-19)32(38)43-26-13-14-27(44-33(39)22-9-5-20(6-10-22)18(2)37)30-29(26)34-31(45-30)28-16-23-15-24(35(40)41)11-12-25(23)42-28/h11-16,19-22H,3-10H2,1-2H3. The van der Waals surface area contributed by atoms with Crippen LogP contribution in [0.25, 0.3) is 32.0 Å². The molecule has 2 fully saturated rings. The van der Waals surface area contributed by atoms with Crippen molar-refractivity contribution < 1.29 is 38.0 Å². The predicted molar refractivity (Wildman–Crippen MR) is 165 cm³/mol. The number of thiazole rings is 1. The van der Waals surface area contributed by atoms with Gasteiger partial charge in [-0.2, -0.15) is 0 Å². The molecule has 2 aliphatic carbocycles. The smallest absolute Gasteiger partial charge is 0.314 e. The van der Waals surface area contributed by atoms with Crippen molar-refractivity contribution in [1.82, 2.24) is 4.98 Å². The number of benzene rings is 2. The molecule has 234 valence electrons. The van der Waals surface area contributed by atoms with Crippen LogP contribution < -0.4 is 9.47 Å². The Morgan fingerprint density at radius 3 is 1.89 bits per heavy atom. The number of aromatic nitrogens is 1. The molecular formula is C33H32N2O9S. The van der Waals surface area contributed by atoms with Crippen molar-refractivity contribution in [2.45, 2.75) is 65.2 Å². The summed E-state index contributed by atoms with van der Waals surface area (Å²) in [6.07, 6.45) is 4.80. The number of rotatable bonds is 8. The third-order valence-corrected chi connectivity index (χ3v) is 10.2. The van der Waals surface area contributed by atoms with Gasteiger partial charge in [-0.1, -0.05) is 0 Å². The summed E-state index contributed by atoms with van der Waals surface area (Å²) in [5.41, 5.74) is 0.686. The van der Waals surface area contributed by atoms with Crippen LogP contribution >= 0.6 is 11.3 Å². The largest absolute Gasteiger partial charge is 0.454 e. The number of ketones is 2. The van der Waals surface area contributed by atoms with Crippen LogP contribution in [0.15, 0.2) is 40.8 Å². The number of nitrogens with zero attached hydrogens (tertiary/aromatic N) is 2. The van der Waals surface area contributed by atoms with E-state index in [-0.39, 0.29) is 52.4 Å². The Morgan fingerprint density at radius 1 is 0.800 bits per heavy atom. The van der Waals surface area contributed by atoms with E-state index in [4.69, 9.17) is 18.9 Å². The number of Topliss-reactive ketones (excluding diaryl/α,β-unsaturated/α-hetero) is 2. The van der Waals surface area contributed by atoms with Gasteiger partial charge >= 0.3 is 11.9 Å². The minimum Gasteiger partial charge on any atom is -0.454 e. The van der Waals surface area contributed by atoms with Crippen molar-refractivity contribution in [2.75, 3.05) is 0 Å². The first-order valence-electron chi connectivity index (χ1n) is 15.1. The highest BCUT2D eigenvalue weighted by atomic mass is 32.1. The molecule has 12 heteroatoms. The zero-order chi connectivity index (χ0) is 31.8. The summed E-state index contributed by atoms with van der Waals surface area (Å²) in [6.45, 7) is 3.16. The molecule has 0 saturated heterocycles. The van der Waals surface area contributed by atoms with Gasteiger partial charge < -0.3 is 13.9 Å². The number of hydrogen-bond acceptors (Lipinski definition) is 11. The first-order chi connectivity index (χ1) is 21.6. The number of esters is 2. The van der Waals surface area contributed by atoms with Crippen molar-refractivity contribution >= 4 is 61.7 Å². The molecule has 2 aliphatic rings. The van der Waals surface area contributed by atoms with Crippen LogP contribution in [0, 0.1) is 33.8 Å². The lowest BCUT2D eigenvalue weighted by Crippen LogP contribution is -2.28. The Balaban J connectivity index is 1.30. The number of nitro groups is 1. The highest BCUT2D eigenvalue weighted by molar-refractivity contribution is 7.22. The van der Waals surface area contributed by atoms with Crippen LogP contribution in [0.1, 0.15) is 65.2 Å². The van der Waals surface area contributed by atoms with E-state index in [9.17, 15) is 29.3 Å². The van der Waals surface area contributed by atoms with E-state index < -0.39 is 16.9 Å². The molecule has 2 aromatic carbocycles. The fourth-order valence-corrected chi connectivity index (χ4v) is 7.32. The van der Waals surface area contributed by atoms with Gasteiger partial charge in [0.15, 0.2) is 22.3 Å². The van der Waals surface area contributed by atoms with Gasteiger partial charge in [-0.25, -0.2) is 4.98 Å². The van der Waals surface area contributed by atoms with Crippen LogP contribution in [0.2, 0.25) is 0 Å². The van der Waals surface area contributed by atoms with Gasteiger partial charge in [-0.05, 0) is 89.5 Å². The van der Waals surface area contributed by atoms with Gasteiger partial charge in [0.2, 0.25) is 0 Å². The molecule has 0 aliphatic heterocycles. The Morgan fingerprint density at radius 2 is 1.33 bits per heavy atom. The molecule has 6 rings (SSSR count). The number of ether oxygens (including phenoxy) is 2. The van der Waals surface area contributed by atoms with Crippen LogP contribution in [-0.2, 0) is 19.2 Å². The van der Waals surface area contributed by atoms with Crippen LogP contribution in [0.5, 0.6) is 11.5 Å². The molecule has 2 aromatic heterocycles. The molecule has 2 saturated carbocycles. The van der Waals surface area contributed by atoms with Gasteiger partial charge in [0.05, 0.1) is 16.8 Å². The highest BCUT2D eigenvalue weighted by Crippen LogP contribution is 2.43. The molecule has 0 unspecified atom stereocenters. The average molecular weight is 633 g/mol. The number of nitro benzene ring substituents is 1. The molecule has 0 amide bonds. The third kappa shape index (κ3) is 6.37. The quantitative estimate of drug-likeness (QED) is 0.0841. The molecule has 2 heterocycles. The van der Waals surface area contributed by atoms with Crippen molar-refractivity contribution in [3.8, 4) is 22.3 Å². The minimum atomic E-state index is -0.482. The van der Waals surface area contributed by atoms with Gasteiger partial charge in [-0.3, -0.25) is 29.3 Å². The molecule has 45 heavy (non-hydrogen) atoms. The maximum Gasteiger partial charge on any atom is 0.314 e. The van der Waals surface area contributed by atoms with E-state index in [1.807, 2.05) is 0 Å². The van der Waals surface area contributed by atoms with E-state index in [1.54, 1.807) is 32.0 Å². The van der Waals surface area contributed by atoms with E-state index in [2.05, 4.69) is 0 Å².